The van der Waals surface area contributed by atoms with Crippen LogP contribution in [0.2, 0.25) is 0 Å². The van der Waals surface area contributed by atoms with E-state index in [4.69, 9.17) is 0 Å². The van der Waals surface area contributed by atoms with E-state index in [-0.39, 0.29) is 0 Å². The van der Waals surface area contributed by atoms with E-state index in [1.165, 1.54) is 0 Å². The zero-order chi connectivity index (χ0) is 12.1. The van der Waals surface area contributed by atoms with E-state index in [0.717, 1.165) is 5.82 Å². The highest BCUT2D eigenvalue weighted by Gasteiger charge is 2.09. The van der Waals surface area contributed by atoms with Gasteiger partial charge in [0.2, 0.25) is 0 Å². The van der Waals surface area contributed by atoms with Gasteiger partial charge in [0.1, 0.15) is 5.82 Å². The molecule has 0 unspecified atom stereocenters. The van der Waals surface area contributed by atoms with Crippen LogP contribution in [0.5, 0.6) is 0 Å². The Balaban J connectivity index is 2.04. The normalized spacial score (nSPS) is 10.8. The quantitative estimate of drug-likeness (QED) is 0.805. The van der Waals surface area contributed by atoms with Crippen molar-refractivity contribution in [3.63, 3.8) is 0 Å². The van der Waals surface area contributed by atoms with E-state index in [2.05, 4.69) is 15.3 Å². The Kier molecular flexibility index (Phi) is 3.98. The standard InChI is InChI=1S/C11H11F2N3S/c12-11(13)17-9-4-2-1-3-8(9)16-7-10-14-5-6-15-10/h1-6,11,16H,7H2,(H,14,15). The number of thioether (sulfide) groups is 1. The molecule has 0 radical (unpaired) electrons. The summed E-state index contributed by atoms with van der Waals surface area (Å²) in [7, 11) is 0. The van der Waals surface area contributed by atoms with Gasteiger partial charge in [-0.15, -0.1) is 0 Å². The van der Waals surface area contributed by atoms with Gasteiger partial charge in [0.15, 0.2) is 0 Å². The Morgan fingerprint density at radius 2 is 2.18 bits per heavy atom. The molecule has 1 aromatic carbocycles. The molecule has 2 N–H and O–H groups in total. The monoisotopic (exact) mass is 255 g/mol. The van der Waals surface area contributed by atoms with Crippen LogP contribution in [-0.4, -0.2) is 15.7 Å². The Hall–Kier alpha value is -1.56. The van der Waals surface area contributed by atoms with Gasteiger partial charge in [-0.3, -0.25) is 0 Å². The Labute approximate surface area is 102 Å². The summed E-state index contributed by atoms with van der Waals surface area (Å²) >= 11 is 0.536. The summed E-state index contributed by atoms with van der Waals surface area (Å²) in [6, 6.07) is 6.98. The fraction of sp³-hybridized carbons (Fsp3) is 0.182. The molecule has 0 aliphatic carbocycles. The minimum Gasteiger partial charge on any atom is -0.377 e. The summed E-state index contributed by atoms with van der Waals surface area (Å²) in [5.74, 6) is -1.65. The van der Waals surface area contributed by atoms with Gasteiger partial charge in [-0.05, 0) is 12.1 Å². The van der Waals surface area contributed by atoms with Crippen LogP contribution >= 0.6 is 11.8 Å². The molecule has 1 aromatic heterocycles. The lowest BCUT2D eigenvalue weighted by molar-refractivity contribution is 0.252. The first-order chi connectivity index (χ1) is 8.25. The highest BCUT2D eigenvalue weighted by molar-refractivity contribution is 7.99. The zero-order valence-electron chi connectivity index (χ0n) is 8.86. The van der Waals surface area contributed by atoms with Crippen molar-refractivity contribution in [1.29, 1.82) is 0 Å². The van der Waals surface area contributed by atoms with Crippen molar-refractivity contribution in [3.8, 4) is 0 Å². The van der Waals surface area contributed by atoms with Crippen molar-refractivity contribution in [1.82, 2.24) is 9.97 Å². The Morgan fingerprint density at radius 3 is 2.88 bits per heavy atom. The topological polar surface area (TPSA) is 40.7 Å². The van der Waals surface area contributed by atoms with Crippen molar-refractivity contribution in [3.05, 3.63) is 42.5 Å². The fourth-order valence-electron chi connectivity index (χ4n) is 1.39. The lowest BCUT2D eigenvalue weighted by atomic mass is 10.3. The highest BCUT2D eigenvalue weighted by Crippen LogP contribution is 2.31. The largest absolute Gasteiger partial charge is 0.377 e. The molecule has 0 bridgehead atoms. The third-order valence-corrected chi connectivity index (χ3v) is 2.89. The molecule has 0 aliphatic rings. The number of nitrogens with zero attached hydrogens (tertiary/aromatic N) is 1. The molecule has 2 rings (SSSR count). The lowest BCUT2D eigenvalue weighted by Gasteiger charge is -2.09. The zero-order valence-corrected chi connectivity index (χ0v) is 9.68. The van der Waals surface area contributed by atoms with Gasteiger partial charge in [-0.25, -0.2) is 4.98 Å². The van der Waals surface area contributed by atoms with Gasteiger partial charge >= 0.3 is 0 Å². The molecule has 0 atom stereocenters. The van der Waals surface area contributed by atoms with Crippen LogP contribution < -0.4 is 5.32 Å². The number of aromatic nitrogens is 2. The highest BCUT2D eigenvalue weighted by atomic mass is 32.2. The predicted octanol–water partition coefficient (Wildman–Crippen LogP) is 3.34. The molecule has 17 heavy (non-hydrogen) atoms. The number of alkyl halides is 2. The number of H-pyrrole nitrogens is 1. The van der Waals surface area contributed by atoms with Gasteiger partial charge < -0.3 is 10.3 Å². The number of nitrogens with one attached hydrogen (secondary N) is 2. The molecular weight excluding hydrogens is 244 g/mol. The van der Waals surface area contributed by atoms with E-state index >= 15 is 0 Å². The molecule has 0 saturated carbocycles. The summed E-state index contributed by atoms with van der Waals surface area (Å²) in [5, 5.41) is 3.07. The van der Waals surface area contributed by atoms with Crippen LogP contribution in [0.25, 0.3) is 0 Å². The molecule has 6 heteroatoms. The molecule has 1 heterocycles. The van der Waals surface area contributed by atoms with Crippen molar-refractivity contribution in [2.75, 3.05) is 5.32 Å². The fourth-order valence-corrected chi connectivity index (χ4v) is 2.00. The van der Waals surface area contributed by atoms with Gasteiger partial charge in [-0.2, -0.15) is 8.78 Å². The summed E-state index contributed by atoms with van der Waals surface area (Å²) < 4.78 is 24.7. The number of halogens is 2. The summed E-state index contributed by atoms with van der Waals surface area (Å²) in [6.07, 6.45) is 3.37. The second-order valence-corrected chi connectivity index (χ2v) is 4.30. The van der Waals surface area contributed by atoms with Crippen molar-refractivity contribution < 1.29 is 8.78 Å². The number of hydrogen-bond donors (Lipinski definition) is 2. The maximum atomic E-state index is 12.3. The molecule has 0 aliphatic heterocycles. The maximum absolute atomic E-state index is 12.3. The summed E-state index contributed by atoms with van der Waals surface area (Å²) in [5.41, 5.74) is 0.689. The van der Waals surface area contributed by atoms with Crippen molar-refractivity contribution in [2.45, 2.75) is 17.2 Å². The number of benzene rings is 1. The van der Waals surface area contributed by atoms with Gasteiger partial charge in [0.05, 0.1) is 6.54 Å². The molecule has 0 amide bonds. The van der Waals surface area contributed by atoms with Crippen LogP contribution in [0.1, 0.15) is 5.82 Å². The summed E-state index contributed by atoms with van der Waals surface area (Å²) in [4.78, 5) is 7.52. The number of para-hydroxylation sites is 1. The molecule has 0 saturated heterocycles. The SMILES string of the molecule is FC(F)Sc1ccccc1NCc1ncc[nH]1. The van der Waals surface area contributed by atoms with Crippen LogP contribution in [0.15, 0.2) is 41.6 Å². The molecule has 3 nitrogen and oxygen atoms in total. The predicted molar refractivity (Wildman–Crippen MR) is 64.2 cm³/mol. The van der Waals surface area contributed by atoms with E-state index in [1.807, 2.05) is 0 Å². The van der Waals surface area contributed by atoms with Gasteiger partial charge in [-0.1, -0.05) is 23.9 Å². The van der Waals surface area contributed by atoms with E-state index in [9.17, 15) is 8.78 Å². The molecule has 90 valence electrons. The second-order valence-electron chi connectivity index (χ2n) is 3.26. The first kappa shape index (κ1) is 11.9. The van der Waals surface area contributed by atoms with Gasteiger partial charge in [0.25, 0.3) is 5.76 Å². The lowest BCUT2D eigenvalue weighted by Crippen LogP contribution is -2.02. The van der Waals surface area contributed by atoms with Crippen LogP contribution in [0.3, 0.4) is 0 Å². The first-order valence-electron chi connectivity index (χ1n) is 5.01. The van der Waals surface area contributed by atoms with Crippen molar-refractivity contribution >= 4 is 17.4 Å². The first-order valence-corrected chi connectivity index (χ1v) is 5.89. The second kappa shape index (κ2) is 5.67. The molecule has 0 fully saturated rings. The minimum atomic E-state index is -2.42. The van der Waals surface area contributed by atoms with Crippen molar-refractivity contribution in [2.24, 2.45) is 0 Å². The van der Waals surface area contributed by atoms with E-state index in [1.54, 1.807) is 36.7 Å². The number of rotatable bonds is 5. The van der Waals surface area contributed by atoms with E-state index in [0.29, 0.717) is 28.9 Å². The van der Waals surface area contributed by atoms with E-state index < -0.39 is 5.76 Å². The molecule has 2 aromatic rings. The molecule has 0 spiro atoms. The Morgan fingerprint density at radius 1 is 1.35 bits per heavy atom. The number of aromatic amines is 1. The average Bonchev–Trinajstić information content (AvgIpc) is 2.80. The third kappa shape index (κ3) is 3.45. The molecular formula is C11H11F2N3S. The average molecular weight is 255 g/mol. The maximum Gasteiger partial charge on any atom is 0.288 e. The van der Waals surface area contributed by atoms with Crippen LogP contribution in [0.4, 0.5) is 14.5 Å². The smallest absolute Gasteiger partial charge is 0.288 e. The van der Waals surface area contributed by atoms with Gasteiger partial charge in [0, 0.05) is 23.0 Å². The number of anilines is 1. The number of imidazole rings is 1. The van der Waals surface area contributed by atoms with Crippen LogP contribution in [-0.2, 0) is 6.54 Å². The van der Waals surface area contributed by atoms with Crippen LogP contribution in [0, 0.1) is 0 Å². The number of hydrogen-bond acceptors (Lipinski definition) is 3. The third-order valence-electron chi connectivity index (χ3n) is 2.10. The minimum absolute atomic E-state index is 0.480. The Bertz CT molecular complexity index is 459. The summed E-state index contributed by atoms with van der Waals surface area (Å²) in [6.45, 7) is 0.480.